The second-order valence-corrected chi connectivity index (χ2v) is 5.54. The average Bonchev–Trinajstić information content (AvgIpc) is 2.58. The summed E-state index contributed by atoms with van der Waals surface area (Å²) in [5.74, 6) is 1.38. The Hall–Kier alpha value is -1.63. The molecule has 1 unspecified atom stereocenters. The molecule has 0 bridgehead atoms. The van der Waals surface area contributed by atoms with E-state index in [1.54, 1.807) is 6.20 Å². The zero-order valence-corrected chi connectivity index (χ0v) is 10.6. The topological polar surface area (TPSA) is 61.6 Å². The fraction of sp³-hybridized carbons (Fsp3) is 0.615. The number of anilines is 1. The highest BCUT2D eigenvalue weighted by Crippen LogP contribution is 2.38. The molecule has 1 saturated carbocycles. The van der Waals surface area contributed by atoms with Gasteiger partial charge in [0.2, 0.25) is 0 Å². The second-order valence-electron chi connectivity index (χ2n) is 5.54. The quantitative estimate of drug-likeness (QED) is 0.848. The summed E-state index contributed by atoms with van der Waals surface area (Å²) in [6.07, 6.45) is 5.07. The Kier molecular flexibility index (Phi) is 3.01. The SMILES string of the molecule is Cc1ncc(C#N)c(NC2CCC(C)(C)C2)n1. The first kappa shape index (κ1) is 11.8. The molecule has 0 aromatic carbocycles. The monoisotopic (exact) mass is 230 g/mol. The lowest BCUT2D eigenvalue weighted by molar-refractivity contribution is 0.378. The van der Waals surface area contributed by atoms with Crippen molar-refractivity contribution < 1.29 is 0 Å². The molecule has 17 heavy (non-hydrogen) atoms. The van der Waals surface area contributed by atoms with Crippen LogP contribution in [0.2, 0.25) is 0 Å². The highest BCUT2D eigenvalue weighted by Gasteiger charge is 2.31. The van der Waals surface area contributed by atoms with E-state index in [9.17, 15) is 0 Å². The van der Waals surface area contributed by atoms with Gasteiger partial charge in [0.1, 0.15) is 23.3 Å². The molecule has 1 atom stereocenters. The number of aryl methyl sites for hydroxylation is 1. The Morgan fingerprint density at radius 3 is 2.88 bits per heavy atom. The minimum atomic E-state index is 0.395. The largest absolute Gasteiger partial charge is 0.366 e. The van der Waals surface area contributed by atoms with Gasteiger partial charge in [0.25, 0.3) is 0 Å². The van der Waals surface area contributed by atoms with Gasteiger partial charge in [0, 0.05) is 6.04 Å². The number of hydrogen-bond acceptors (Lipinski definition) is 4. The number of aromatic nitrogens is 2. The van der Waals surface area contributed by atoms with Crippen LogP contribution in [0.5, 0.6) is 0 Å². The molecule has 0 aliphatic heterocycles. The number of rotatable bonds is 2. The highest BCUT2D eigenvalue weighted by atomic mass is 15.1. The molecular weight excluding hydrogens is 212 g/mol. The van der Waals surface area contributed by atoms with Gasteiger partial charge in [-0.15, -0.1) is 0 Å². The molecular formula is C13H18N4. The van der Waals surface area contributed by atoms with Crippen molar-refractivity contribution in [2.45, 2.75) is 46.1 Å². The Balaban J connectivity index is 2.14. The van der Waals surface area contributed by atoms with Gasteiger partial charge in [-0.1, -0.05) is 13.8 Å². The summed E-state index contributed by atoms with van der Waals surface area (Å²) in [4.78, 5) is 8.35. The van der Waals surface area contributed by atoms with Crippen LogP contribution < -0.4 is 5.32 Å². The van der Waals surface area contributed by atoms with Crippen molar-refractivity contribution in [3.63, 3.8) is 0 Å². The van der Waals surface area contributed by atoms with Crippen molar-refractivity contribution in [3.8, 4) is 6.07 Å². The first-order chi connectivity index (χ1) is 8.00. The van der Waals surface area contributed by atoms with E-state index in [1.165, 1.54) is 6.42 Å². The van der Waals surface area contributed by atoms with Gasteiger partial charge in [-0.25, -0.2) is 9.97 Å². The summed E-state index contributed by atoms with van der Waals surface area (Å²) >= 11 is 0. The maximum atomic E-state index is 9.02. The molecule has 1 heterocycles. The molecule has 90 valence electrons. The van der Waals surface area contributed by atoms with Gasteiger partial charge in [0.15, 0.2) is 0 Å². The average molecular weight is 230 g/mol. The molecule has 1 aromatic heterocycles. The van der Waals surface area contributed by atoms with E-state index in [0.29, 0.717) is 28.7 Å². The van der Waals surface area contributed by atoms with E-state index in [1.807, 2.05) is 6.92 Å². The van der Waals surface area contributed by atoms with Crippen LogP contribution in [-0.4, -0.2) is 16.0 Å². The van der Waals surface area contributed by atoms with Crippen LogP contribution in [0.3, 0.4) is 0 Å². The summed E-state index contributed by atoms with van der Waals surface area (Å²) in [6, 6.07) is 2.55. The van der Waals surface area contributed by atoms with Crippen molar-refractivity contribution in [2.24, 2.45) is 5.41 Å². The first-order valence-electron chi connectivity index (χ1n) is 6.00. The van der Waals surface area contributed by atoms with Crippen LogP contribution in [0.15, 0.2) is 6.20 Å². The van der Waals surface area contributed by atoms with Gasteiger partial charge in [-0.3, -0.25) is 0 Å². The van der Waals surface area contributed by atoms with Crippen molar-refractivity contribution in [3.05, 3.63) is 17.6 Å². The lowest BCUT2D eigenvalue weighted by Gasteiger charge is -2.18. The van der Waals surface area contributed by atoms with E-state index in [4.69, 9.17) is 5.26 Å². The molecule has 1 aliphatic rings. The van der Waals surface area contributed by atoms with Crippen LogP contribution in [0.25, 0.3) is 0 Å². The van der Waals surface area contributed by atoms with Crippen molar-refractivity contribution in [2.75, 3.05) is 5.32 Å². The molecule has 0 amide bonds. The zero-order valence-electron chi connectivity index (χ0n) is 10.6. The van der Waals surface area contributed by atoms with E-state index >= 15 is 0 Å². The summed E-state index contributed by atoms with van der Waals surface area (Å²) in [5, 5.41) is 12.4. The van der Waals surface area contributed by atoms with Crippen molar-refractivity contribution in [1.82, 2.24) is 9.97 Å². The third-order valence-corrected chi connectivity index (χ3v) is 3.34. The number of nitriles is 1. The van der Waals surface area contributed by atoms with Crippen LogP contribution in [0.1, 0.15) is 44.5 Å². The van der Waals surface area contributed by atoms with Gasteiger partial charge in [-0.05, 0) is 31.6 Å². The van der Waals surface area contributed by atoms with Gasteiger partial charge < -0.3 is 5.32 Å². The molecule has 1 aromatic rings. The molecule has 0 spiro atoms. The fourth-order valence-corrected chi connectivity index (χ4v) is 2.41. The smallest absolute Gasteiger partial charge is 0.147 e. The highest BCUT2D eigenvalue weighted by molar-refractivity contribution is 5.51. The molecule has 1 N–H and O–H groups in total. The maximum Gasteiger partial charge on any atom is 0.147 e. The Bertz CT molecular complexity index is 459. The predicted octanol–water partition coefficient (Wildman–Crippen LogP) is 2.65. The minimum Gasteiger partial charge on any atom is -0.366 e. The number of nitrogens with zero attached hydrogens (tertiary/aromatic N) is 3. The number of hydrogen-bond donors (Lipinski definition) is 1. The van der Waals surface area contributed by atoms with Gasteiger partial charge in [-0.2, -0.15) is 5.26 Å². The Morgan fingerprint density at radius 1 is 1.53 bits per heavy atom. The Morgan fingerprint density at radius 2 is 2.29 bits per heavy atom. The first-order valence-corrected chi connectivity index (χ1v) is 6.00. The normalized spacial score (nSPS) is 22.1. The molecule has 1 aliphatic carbocycles. The molecule has 4 heteroatoms. The maximum absolute atomic E-state index is 9.02. The van der Waals surface area contributed by atoms with E-state index < -0.39 is 0 Å². The summed E-state index contributed by atoms with van der Waals surface area (Å²) in [7, 11) is 0. The summed E-state index contributed by atoms with van der Waals surface area (Å²) in [6.45, 7) is 6.40. The standard InChI is InChI=1S/C13H18N4/c1-9-15-8-10(7-14)12(16-9)17-11-4-5-13(2,3)6-11/h8,11H,4-6H2,1-3H3,(H,15,16,17). The van der Waals surface area contributed by atoms with Gasteiger partial charge >= 0.3 is 0 Å². The summed E-state index contributed by atoms with van der Waals surface area (Å²) < 4.78 is 0. The van der Waals surface area contributed by atoms with E-state index in [0.717, 1.165) is 12.8 Å². The lowest BCUT2D eigenvalue weighted by Crippen LogP contribution is -2.19. The van der Waals surface area contributed by atoms with E-state index in [2.05, 4.69) is 35.2 Å². The van der Waals surface area contributed by atoms with E-state index in [-0.39, 0.29) is 0 Å². The van der Waals surface area contributed by atoms with Crippen LogP contribution >= 0.6 is 0 Å². The third kappa shape index (κ3) is 2.73. The van der Waals surface area contributed by atoms with Crippen molar-refractivity contribution >= 4 is 5.82 Å². The van der Waals surface area contributed by atoms with Crippen LogP contribution in [-0.2, 0) is 0 Å². The van der Waals surface area contributed by atoms with Crippen LogP contribution in [0.4, 0.5) is 5.82 Å². The van der Waals surface area contributed by atoms with Crippen LogP contribution in [0, 0.1) is 23.7 Å². The number of nitrogens with one attached hydrogen (secondary N) is 1. The van der Waals surface area contributed by atoms with Crippen molar-refractivity contribution in [1.29, 1.82) is 5.26 Å². The molecule has 4 nitrogen and oxygen atoms in total. The van der Waals surface area contributed by atoms with Gasteiger partial charge in [0.05, 0.1) is 6.20 Å². The fourth-order valence-electron chi connectivity index (χ4n) is 2.41. The second kappa shape index (κ2) is 4.33. The minimum absolute atomic E-state index is 0.395. The zero-order chi connectivity index (χ0) is 12.5. The lowest BCUT2D eigenvalue weighted by atomic mass is 9.92. The molecule has 0 saturated heterocycles. The Labute approximate surface area is 102 Å². The molecule has 1 fully saturated rings. The molecule has 2 rings (SSSR count). The summed E-state index contributed by atoms with van der Waals surface area (Å²) in [5.41, 5.74) is 0.923. The molecule has 0 radical (unpaired) electrons. The third-order valence-electron chi connectivity index (χ3n) is 3.34. The predicted molar refractivity (Wildman–Crippen MR) is 66.5 cm³/mol.